The van der Waals surface area contributed by atoms with Gasteiger partial charge in [0.15, 0.2) is 0 Å². The molecule has 0 nitrogen and oxygen atoms in total. The van der Waals surface area contributed by atoms with Crippen molar-refractivity contribution in [2.24, 2.45) is 5.41 Å². The van der Waals surface area contributed by atoms with Crippen LogP contribution < -0.4 is 0 Å². The highest BCUT2D eigenvalue weighted by Crippen LogP contribution is 2.41. The summed E-state index contributed by atoms with van der Waals surface area (Å²) in [6.07, 6.45) is -2.54. The van der Waals surface area contributed by atoms with Gasteiger partial charge in [-0.3, -0.25) is 0 Å². The van der Waals surface area contributed by atoms with Gasteiger partial charge in [0.1, 0.15) is 0 Å². The quantitative estimate of drug-likeness (QED) is 0.519. The van der Waals surface area contributed by atoms with E-state index in [1.807, 2.05) is 0 Å². The number of hydrogen-bond donors (Lipinski definition) is 1. The van der Waals surface area contributed by atoms with Crippen molar-refractivity contribution in [3.05, 3.63) is 0 Å². The largest absolute Gasteiger partial charge is 0.393 e. The number of halogens is 3. The first-order valence-electron chi connectivity index (χ1n) is 3.99. The monoisotopic (exact) mass is 200 g/mol. The van der Waals surface area contributed by atoms with E-state index in [0.29, 0.717) is 12.2 Å². The summed E-state index contributed by atoms with van der Waals surface area (Å²) >= 11 is 3.94. The van der Waals surface area contributed by atoms with Gasteiger partial charge >= 0.3 is 6.18 Å². The lowest BCUT2D eigenvalue weighted by Gasteiger charge is -2.27. The fourth-order valence-electron chi connectivity index (χ4n) is 0.820. The van der Waals surface area contributed by atoms with Crippen LogP contribution >= 0.6 is 12.6 Å². The second-order valence-corrected chi connectivity index (χ2v) is 4.01. The Balaban J connectivity index is 3.88. The second kappa shape index (κ2) is 4.40. The fraction of sp³-hybridized carbons (Fsp3) is 1.00. The van der Waals surface area contributed by atoms with E-state index in [1.54, 1.807) is 0 Å². The highest BCUT2D eigenvalue weighted by atomic mass is 32.1. The van der Waals surface area contributed by atoms with Gasteiger partial charge in [0.25, 0.3) is 0 Å². The van der Waals surface area contributed by atoms with E-state index in [2.05, 4.69) is 12.6 Å². The molecule has 0 aliphatic rings. The van der Waals surface area contributed by atoms with Gasteiger partial charge in [-0.15, -0.1) is 0 Å². The van der Waals surface area contributed by atoms with Crippen LogP contribution in [0.25, 0.3) is 0 Å². The van der Waals surface area contributed by atoms with E-state index < -0.39 is 11.6 Å². The molecule has 0 aromatic rings. The number of thiol groups is 1. The average molecular weight is 200 g/mol. The minimum atomic E-state index is -4.08. The Morgan fingerprint density at radius 2 is 1.58 bits per heavy atom. The number of unbranched alkanes of at least 4 members (excludes halogenated alkanes) is 1. The summed E-state index contributed by atoms with van der Waals surface area (Å²) < 4.78 is 36.7. The van der Waals surface area contributed by atoms with Gasteiger partial charge in [-0.2, -0.15) is 25.8 Å². The summed E-state index contributed by atoms with van der Waals surface area (Å²) in [7, 11) is 0. The van der Waals surface area contributed by atoms with Crippen LogP contribution in [0.4, 0.5) is 13.2 Å². The highest BCUT2D eigenvalue weighted by Gasteiger charge is 2.46. The van der Waals surface area contributed by atoms with Crippen LogP contribution in [0.1, 0.15) is 33.1 Å². The SMILES string of the molecule is CC(C)(CCCCS)C(F)(F)F. The van der Waals surface area contributed by atoms with Crippen LogP contribution in [-0.2, 0) is 0 Å². The molecular formula is C8H15F3S. The van der Waals surface area contributed by atoms with E-state index in [-0.39, 0.29) is 6.42 Å². The Kier molecular flexibility index (Phi) is 4.45. The third-order valence-electron chi connectivity index (χ3n) is 1.98. The molecule has 12 heavy (non-hydrogen) atoms. The summed E-state index contributed by atoms with van der Waals surface area (Å²) in [5.74, 6) is 0.661. The number of alkyl halides is 3. The first kappa shape index (κ1) is 12.1. The molecule has 74 valence electrons. The molecule has 0 aromatic carbocycles. The molecule has 0 fully saturated rings. The van der Waals surface area contributed by atoms with Crippen molar-refractivity contribution in [2.75, 3.05) is 5.75 Å². The molecule has 0 aromatic heterocycles. The van der Waals surface area contributed by atoms with Gasteiger partial charge in [-0.05, 0) is 18.6 Å². The van der Waals surface area contributed by atoms with Gasteiger partial charge < -0.3 is 0 Å². The topological polar surface area (TPSA) is 0 Å². The third-order valence-corrected chi connectivity index (χ3v) is 2.29. The van der Waals surface area contributed by atoms with Crippen LogP contribution in [0.15, 0.2) is 0 Å². The molecular weight excluding hydrogens is 185 g/mol. The molecule has 4 heteroatoms. The molecule has 0 amide bonds. The summed E-state index contributed by atoms with van der Waals surface area (Å²) in [5, 5.41) is 0. The van der Waals surface area contributed by atoms with Crippen LogP contribution in [0.2, 0.25) is 0 Å². The average Bonchev–Trinajstić information content (AvgIpc) is 1.85. The Morgan fingerprint density at radius 3 is 1.92 bits per heavy atom. The van der Waals surface area contributed by atoms with Crippen molar-refractivity contribution in [1.82, 2.24) is 0 Å². The molecule has 0 unspecified atom stereocenters. The van der Waals surface area contributed by atoms with E-state index in [9.17, 15) is 13.2 Å². The zero-order valence-electron chi connectivity index (χ0n) is 7.41. The molecule has 0 saturated heterocycles. The Bertz CT molecular complexity index is 129. The van der Waals surface area contributed by atoms with Crippen molar-refractivity contribution >= 4 is 12.6 Å². The van der Waals surface area contributed by atoms with Gasteiger partial charge in [0.05, 0.1) is 5.41 Å². The smallest absolute Gasteiger partial charge is 0.179 e. The van der Waals surface area contributed by atoms with Crippen LogP contribution in [0.5, 0.6) is 0 Å². The van der Waals surface area contributed by atoms with Crippen LogP contribution in [0, 0.1) is 5.41 Å². The minimum Gasteiger partial charge on any atom is -0.179 e. The van der Waals surface area contributed by atoms with Crippen molar-refractivity contribution in [3.8, 4) is 0 Å². The zero-order chi connectivity index (χ0) is 9.83. The predicted octanol–water partition coefficient (Wildman–Crippen LogP) is 3.68. The summed E-state index contributed by atoms with van der Waals surface area (Å²) in [4.78, 5) is 0. The molecule has 0 saturated carbocycles. The minimum absolute atomic E-state index is 0.192. The molecule has 0 heterocycles. The van der Waals surface area contributed by atoms with Crippen molar-refractivity contribution in [1.29, 1.82) is 0 Å². The molecule has 0 atom stereocenters. The van der Waals surface area contributed by atoms with Gasteiger partial charge in [-0.1, -0.05) is 20.3 Å². The molecule has 0 rings (SSSR count). The highest BCUT2D eigenvalue weighted by molar-refractivity contribution is 7.80. The molecule has 0 N–H and O–H groups in total. The van der Waals surface area contributed by atoms with Gasteiger partial charge in [0.2, 0.25) is 0 Å². The Hall–Kier alpha value is 0.140. The Morgan fingerprint density at radius 1 is 1.08 bits per heavy atom. The van der Waals surface area contributed by atoms with Gasteiger partial charge in [-0.25, -0.2) is 0 Å². The van der Waals surface area contributed by atoms with E-state index in [4.69, 9.17) is 0 Å². The van der Waals surface area contributed by atoms with E-state index in [1.165, 1.54) is 13.8 Å². The first-order chi connectivity index (χ1) is 5.31. The summed E-state index contributed by atoms with van der Waals surface area (Å²) in [6.45, 7) is 2.48. The van der Waals surface area contributed by atoms with Crippen molar-refractivity contribution in [3.63, 3.8) is 0 Å². The van der Waals surface area contributed by atoms with Crippen LogP contribution in [0.3, 0.4) is 0 Å². The standard InChI is InChI=1S/C8H15F3S/c1-7(2,8(9,10)11)5-3-4-6-12/h12H,3-6H2,1-2H3. The van der Waals surface area contributed by atoms with Crippen molar-refractivity contribution < 1.29 is 13.2 Å². The van der Waals surface area contributed by atoms with E-state index >= 15 is 0 Å². The van der Waals surface area contributed by atoms with Crippen molar-refractivity contribution in [2.45, 2.75) is 39.3 Å². The first-order valence-corrected chi connectivity index (χ1v) is 4.62. The molecule has 0 aliphatic carbocycles. The molecule has 0 radical (unpaired) electrons. The maximum atomic E-state index is 12.2. The lowest BCUT2D eigenvalue weighted by Crippen LogP contribution is -2.31. The summed E-state index contributed by atoms with van der Waals surface area (Å²) in [5.41, 5.74) is -1.55. The lowest BCUT2D eigenvalue weighted by atomic mass is 9.87. The van der Waals surface area contributed by atoms with E-state index in [0.717, 1.165) is 6.42 Å². The Labute approximate surface area is 76.9 Å². The fourth-order valence-corrected chi connectivity index (χ4v) is 1.04. The maximum Gasteiger partial charge on any atom is 0.393 e. The summed E-state index contributed by atoms with van der Waals surface area (Å²) in [6, 6.07) is 0. The molecule has 0 spiro atoms. The van der Waals surface area contributed by atoms with Crippen LogP contribution in [-0.4, -0.2) is 11.9 Å². The molecule has 0 bridgehead atoms. The third kappa shape index (κ3) is 3.70. The normalized spacial score (nSPS) is 13.5. The lowest BCUT2D eigenvalue weighted by molar-refractivity contribution is -0.213. The number of hydrogen-bond acceptors (Lipinski definition) is 1. The second-order valence-electron chi connectivity index (χ2n) is 3.56. The number of rotatable bonds is 4. The predicted molar refractivity (Wildman–Crippen MR) is 47.5 cm³/mol. The maximum absolute atomic E-state index is 12.2. The molecule has 0 aliphatic heterocycles. The zero-order valence-corrected chi connectivity index (χ0v) is 8.30. The van der Waals surface area contributed by atoms with Gasteiger partial charge in [0, 0.05) is 0 Å².